The Balaban J connectivity index is 1.47. The van der Waals surface area contributed by atoms with E-state index in [1.165, 1.54) is 0 Å². The summed E-state index contributed by atoms with van der Waals surface area (Å²) in [5, 5.41) is 14.9. The molecule has 0 spiro atoms. The standard InChI is InChI=1S/C27H23N3O3S/c1-16-12-23(25(32)8-5-11-31)28-22(16)14-20-19-13-18(9-10-21(19)29-26(20)33)24-15-34-27(30-24)17-6-3-2-4-7-17/h2-4,6-7,9-10,12-15,28,31H,5,8,11H2,1H3,(H,29,33)/b20-14-. The van der Waals surface area contributed by atoms with E-state index in [0.717, 1.165) is 44.3 Å². The second-order valence-corrected chi connectivity index (χ2v) is 9.06. The van der Waals surface area contributed by atoms with E-state index in [4.69, 9.17) is 10.1 Å². The number of benzene rings is 2. The lowest BCUT2D eigenvalue weighted by Crippen LogP contribution is -2.04. The third-order valence-corrected chi connectivity index (χ3v) is 6.72. The number of nitrogens with zero attached hydrogens (tertiary/aromatic N) is 1. The monoisotopic (exact) mass is 469 g/mol. The van der Waals surface area contributed by atoms with Crippen LogP contribution < -0.4 is 5.32 Å². The number of fused-ring (bicyclic) bond motifs is 1. The molecular weight excluding hydrogens is 446 g/mol. The number of Topliss-reactive ketones (excluding diaryl/α,β-unsaturated/α-hetero) is 1. The van der Waals surface area contributed by atoms with Crippen molar-refractivity contribution in [2.24, 2.45) is 0 Å². The molecule has 2 aromatic carbocycles. The average molecular weight is 470 g/mol. The van der Waals surface area contributed by atoms with Crippen molar-refractivity contribution in [1.29, 1.82) is 0 Å². The van der Waals surface area contributed by atoms with Gasteiger partial charge in [0.05, 0.1) is 17.0 Å². The van der Waals surface area contributed by atoms with E-state index in [1.807, 2.05) is 60.8 Å². The smallest absolute Gasteiger partial charge is 0.256 e. The zero-order valence-electron chi connectivity index (χ0n) is 18.6. The lowest BCUT2D eigenvalue weighted by molar-refractivity contribution is -0.110. The van der Waals surface area contributed by atoms with Crippen LogP contribution in [0.2, 0.25) is 0 Å². The summed E-state index contributed by atoms with van der Waals surface area (Å²) in [6, 6.07) is 17.7. The van der Waals surface area contributed by atoms with Crippen LogP contribution in [-0.4, -0.2) is 33.4 Å². The zero-order valence-corrected chi connectivity index (χ0v) is 19.4. The van der Waals surface area contributed by atoms with Gasteiger partial charge >= 0.3 is 0 Å². The normalized spacial score (nSPS) is 13.8. The van der Waals surface area contributed by atoms with Crippen LogP contribution in [0.1, 0.15) is 40.2 Å². The number of carbonyl (C=O) groups excluding carboxylic acids is 2. The van der Waals surface area contributed by atoms with Crippen molar-refractivity contribution in [3.8, 4) is 21.8 Å². The van der Waals surface area contributed by atoms with Gasteiger partial charge in [0.2, 0.25) is 0 Å². The van der Waals surface area contributed by atoms with Gasteiger partial charge < -0.3 is 15.4 Å². The van der Waals surface area contributed by atoms with Gasteiger partial charge in [0.25, 0.3) is 5.91 Å². The van der Waals surface area contributed by atoms with Crippen molar-refractivity contribution < 1.29 is 14.7 Å². The summed E-state index contributed by atoms with van der Waals surface area (Å²) in [5.74, 6) is -0.240. The highest BCUT2D eigenvalue weighted by atomic mass is 32.1. The number of nitrogens with one attached hydrogen (secondary N) is 2. The summed E-state index contributed by atoms with van der Waals surface area (Å²) in [6.07, 6.45) is 2.49. The molecule has 7 heteroatoms. The zero-order chi connectivity index (χ0) is 23.7. The number of rotatable bonds is 7. The molecule has 0 unspecified atom stereocenters. The number of amides is 1. The van der Waals surface area contributed by atoms with Crippen LogP contribution in [0.5, 0.6) is 0 Å². The van der Waals surface area contributed by atoms with Crippen molar-refractivity contribution >= 4 is 40.4 Å². The van der Waals surface area contributed by atoms with Crippen molar-refractivity contribution in [3.05, 3.63) is 82.5 Å². The van der Waals surface area contributed by atoms with Gasteiger partial charge in [0, 0.05) is 46.5 Å². The summed E-state index contributed by atoms with van der Waals surface area (Å²) in [5.41, 5.74) is 7.04. The van der Waals surface area contributed by atoms with E-state index in [9.17, 15) is 9.59 Å². The van der Waals surface area contributed by atoms with E-state index < -0.39 is 0 Å². The summed E-state index contributed by atoms with van der Waals surface area (Å²) in [4.78, 5) is 33.0. The highest BCUT2D eigenvalue weighted by Crippen LogP contribution is 2.37. The van der Waals surface area contributed by atoms with E-state index >= 15 is 0 Å². The Labute approximate surface area is 201 Å². The summed E-state index contributed by atoms with van der Waals surface area (Å²) in [6.45, 7) is 1.88. The first kappa shape index (κ1) is 22.0. The van der Waals surface area contributed by atoms with Gasteiger partial charge in [-0.15, -0.1) is 11.3 Å². The Hall–Kier alpha value is -3.81. The maximum atomic E-state index is 12.8. The van der Waals surface area contributed by atoms with E-state index in [0.29, 0.717) is 17.7 Å². The van der Waals surface area contributed by atoms with Crippen molar-refractivity contribution in [1.82, 2.24) is 9.97 Å². The molecule has 1 amide bonds. The number of H-pyrrole nitrogens is 1. The maximum Gasteiger partial charge on any atom is 0.256 e. The minimum Gasteiger partial charge on any atom is -0.396 e. The fraction of sp³-hybridized carbons (Fsp3) is 0.148. The molecule has 3 N–H and O–H groups in total. The molecule has 0 fully saturated rings. The molecule has 5 rings (SSSR count). The minimum atomic E-state index is -0.183. The molecular formula is C27H23N3O3S. The van der Waals surface area contributed by atoms with E-state index in [1.54, 1.807) is 23.5 Å². The second-order valence-electron chi connectivity index (χ2n) is 8.21. The Morgan fingerprint density at radius 3 is 2.74 bits per heavy atom. The Kier molecular flexibility index (Phi) is 5.96. The van der Waals surface area contributed by atoms with Crippen LogP contribution in [0.25, 0.3) is 33.5 Å². The lowest BCUT2D eigenvalue weighted by Gasteiger charge is -2.03. The number of hydrogen-bond acceptors (Lipinski definition) is 5. The molecule has 170 valence electrons. The van der Waals surface area contributed by atoms with Gasteiger partial charge in [-0.25, -0.2) is 4.98 Å². The fourth-order valence-corrected chi connectivity index (χ4v) is 4.84. The van der Waals surface area contributed by atoms with Gasteiger partial charge in [-0.05, 0) is 43.2 Å². The Morgan fingerprint density at radius 1 is 1.12 bits per heavy atom. The van der Waals surface area contributed by atoms with Crippen LogP contribution >= 0.6 is 11.3 Å². The number of carbonyl (C=O) groups is 2. The fourth-order valence-electron chi connectivity index (χ4n) is 4.00. The minimum absolute atomic E-state index is 0.0204. The number of aliphatic hydroxyl groups is 1. The predicted octanol–water partition coefficient (Wildman–Crippen LogP) is 5.56. The van der Waals surface area contributed by atoms with E-state index in [-0.39, 0.29) is 24.7 Å². The first-order valence-electron chi connectivity index (χ1n) is 11.1. The number of hydrogen-bond donors (Lipinski definition) is 3. The van der Waals surface area contributed by atoms with Crippen molar-refractivity contribution in [2.45, 2.75) is 19.8 Å². The third-order valence-electron chi connectivity index (χ3n) is 5.83. The highest BCUT2D eigenvalue weighted by molar-refractivity contribution is 7.13. The first-order valence-corrected chi connectivity index (χ1v) is 11.9. The molecule has 1 aliphatic heterocycles. The van der Waals surface area contributed by atoms with Crippen molar-refractivity contribution in [2.75, 3.05) is 11.9 Å². The molecule has 3 heterocycles. The van der Waals surface area contributed by atoms with Crippen molar-refractivity contribution in [3.63, 3.8) is 0 Å². The van der Waals surface area contributed by atoms with Gasteiger partial charge in [-0.1, -0.05) is 36.4 Å². The summed E-state index contributed by atoms with van der Waals surface area (Å²) >= 11 is 1.59. The number of aryl methyl sites for hydroxylation is 1. The largest absolute Gasteiger partial charge is 0.396 e. The molecule has 34 heavy (non-hydrogen) atoms. The number of aromatic nitrogens is 2. The summed E-state index contributed by atoms with van der Waals surface area (Å²) in [7, 11) is 0. The Bertz CT molecular complexity index is 1420. The number of aliphatic hydroxyl groups excluding tert-OH is 1. The molecule has 0 aliphatic carbocycles. The maximum absolute atomic E-state index is 12.8. The van der Waals surface area contributed by atoms with Crippen LogP contribution in [0.15, 0.2) is 60.0 Å². The number of aromatic amines is 1. The molecule has 0 saturated heterocycles. The Morgan fingerprint density at radius 2 is 1.94 bits per heavy atom. The van der Waals surface area contributed by atoms with Gasteiger partial charge in [-0.2, -0.15) is 0 Å². The number of ketones is 1. The number of thiazole rings is 1. The highest BCUT2D eigenvalue weighted by Gasteiger charge is 2.25. The van der Waals surface area contributed by atoms with E-state index in [2.05, 4.69) is 10.3 Å². The molecule has 1 aliphatic rings. The van der Waals surface area contributed by atoms with Gasteiger partial charge in [-0.3, -0.25) is 9.59 Å². The van der Waals surface area contributed by atoms with Crippen LogP contribution in [0, 0.1) is 6.92 Å². The summed E-state index contributed by atoms with van der Waals surface area (Å²) < 4.78 is 0. The SMILES string of the molecule is Cc1cc(C(=O)CCCO)[nH]c1/C=C1\C(=O)Nc2ccc(-c3csc(-c4ccccc4)n3)cc21. The van der Waals surface area contributed by atoms with Crippen LogP contribution in [0.4, 0.5) is 5.69 Å². The number of anilines is 1. The first-order chi connectivity index (χ1) is 16.5. The predicted molar refractivity (Wildman–Crippen MR) is 136 cm³/mol. The third kappa shape index (κ3) is 4.23. The van der Waals surface area contributed by atoms with Crippen LogP contribution in [-0.2, 0) is 4.79 Å². The molecule has 0 atom stereocenters. The van der Waals surface area contributed by atoms with Crippen LogP contribution in [0.3, 0.4) is 0 Å². The average Bonchev–Trinajstić information content (AvgIpc) is 3.56. The lowest BCUT2D eigenvalue weighted by atomic mass is 10.0. The molecule has 0 radical (unpaired) electrons. The second kappa shape index (κ2) is 9.21. The molecule has 2 aromatic heterocycles. The molecule has 0 saturated carbocycles. The van der Waals surface area contributed by atoms with Gasteiger partial charge in [0.1, 0.15) is 5.01 Å². The molecule has 6 nitrogen and oxygen atoms in total. The molecule has 0 bridgehead atoms. The molecule has 4 aromatic rings. The quantitative estimate of drug-likeness (QED) is 0.244. The topological polar surface area (TPSA) is 95.1 Å². The van der Waals surface area contributed by atoms with Gasteiger partial charge in [0.15, 0.2) is 5.78 Å².